The number of nitrogens with one attached hydrogen (secondary N) is 1. The van der Waals surface area contributed by atoms with E-state index in [9.17, 15) is 13.2 Å². The fraction of sp³-hybridized carbons (Fsp3) is 0.818. The van der Waals surface area contributed by atoms with E-state index in [0.717, 1.165) is 17.8 Å². The molecule has 0 saturated heterocycles. The Morgan fingerprint density at radius 1 is 1.28 bits per heavy atom. The van der Waals surface area contributed by atoms with Gasteiger partial charge in [0.15, 0.2) is 0 Å². The number of halogens is 3. The molecule has 0 aliphatic heterocycles. The summed E-state index contributed by atoms with van der Waals surface area (Å²) in [5.41, 5.74) is 0. The van der Waals surface area contributed by atoms with Gasteiger partial charge in [0.1, 0.15) is 5.01 Å². The molecule has 1 aromatic rings. The van der Waals surface area contributed by atoms with E-state index in [1.54, 1.807) is 0 Å². The minimum Gasteiger partial charge on any atom is -0.357 e. The fourth-order valence-electron chi connectivity index (χ4n) is 2.31. The van der Waals surface area contributed by atoms with Crippen molar-refractivity contribution in [1.29, 1.82) is 0 Å². The summed E-state index contributed by atoms with van der Waals surface area (Å²) < 4.78 is 38.7. The number of aromatic nitrogens is 2. The van der Waals surface area contributed by atoms with Gasteiger partial charge < -0.3 is 5.32 Å². The molecule has 0 amide bonds. The first-order valence-corrected chi connectivity index (χ1v) is 6.98. The molecule has 0 radical (unpaired) electrons. The van der Waals surface area contributed by atoms with E-state index < -0.39 is 18.1 Å². The molecule has 3 nitrogen and oxygen atoms in total. The molecule has 1 aliphatic carbocycles. The molecule has 2 unspecified atom stereocenters. The summed E-state index contributed by atoms with van der Waals surface area (Å²) in [6, 6.07) is -0.559. The van der Waals surface area contributed by atoms with E-state index in [1.165, 1.54) is 11.3 Å². The van der Waals surface area contributed by atoms with Crippen LogP contribution in [0.2, 0.25) is 0 Å². The van der Waals surface area contributed by atoms with E-state index in [1.807, 2.05) is 6.92 Å². The van der Waals surface area contributed by atoms with Crippen LogP contribution in [0.5, 0.6) is 0 Å². The van der Waals surface area contributed by atoms with Crippen LogP contribution in [0.25, 0.3) is 0 Å². The summed E-state index contributed by atoms with van der Waals surface area (Å²) in [5, 5.41) is 12.1. The highest BCUT2D eigenvalue weighted by Gasteiger charge is 2.45. The quantitative estimate of drug-likeness (QED) is 0.918. The predicted molar refractivity (Wildman–Crippen MR) is 64.7 cm³/mol. The van der Waals surface area contributed by atoms with Gasteiger partial charge in [-0.25, -0.2) is 0 Å². The summed E-state index contributed by atoms with van der Waals surface area (Å²) in [6.45, 7) is 1.95. The van der Waals surface area contributed by atoms with Crippen LogP contribution in [0.1, 0.15) is 37.6 Å². The fourth-order valence-corrected chi connectivity index (χ4v) is 3.05. The lowest BCUT2D eigenvalue weighted by molar-refractivity contribution is -0.184. The summed E-state index contributed by atoms with van der Waals surface area (Å²) in [5.74, 6) is -1.26. The minimum absolute atomic E-state index is 0.209. The van der Waals surface area contributed by atoms with Gasteiger partial charge in [0.25, 0.3) is 0 Å². The third-order valence-corrected chi connectivity index (χ3v) is 4.26. The summed E-state index contributed by atoms with van der Waals surface area (Å²) in [7, 11) is 0. The molecule has 1 aliphatic rings. The van der Waals surface area contributed by atoms with E-state index >= 15 is 0 Å². The topological polar surface area (TPSA) is 37.8 Å². The van der Waals surface area contributed by atoms with Crippen LogP contribution in [0.3, 0.4) is 0 Å². The number of hydrogen-bond acceptors (Lipinski definition) is 4. The molecule has 0 spiro atoms. The average Bonchev–Trinajstić information content (AvgIpc) is 2.76. The maximum Gasteiger partial charge on any atom is 0.393 e. The van der Waals surface area contributed by atoms with Gasteiger partial charge in [-0.2, -0.15) is 13.2 Å². The Kier molecular flexibility index (Phi) is 4.09. The molecule has 18 heavy (non-hydrogen) atoms. The Bertz CT molecular complexity index is 391. The van der Waals surface area contributed by atoms with Gasteiger partial charge in [0.2, 0.25) is 5.13 Å². The molecule has 1 N–H and O–H groups in total. The molecule has 1 saturated carbocycles. The van der Waals surface area contributed by atoms with Crippen molar-refractivity contribution in [3.8, 4) is 0 Å². The Morgan fingerprint density at radius 2 is 2.00 bits per heavy atom. The molecular weight excluding hydrogens is 263 g/mol. The summed E-state index contributed by atoms with van der Waals surface area (Å²) in [4.78, 5) is 0. The van der Waals surface area contributed by atoms with E-state index in [0.29, 0.717) is 18.0 Å². The summed E-state index contributed by atoms with van der Waals surface area (Å²) >= 11 is 1.34. The standard InChI is InChI=1S/C11H16F3N3S/c1-2-9-16-17-10(18-9)15-8-6-4-3-5-7(8)11(12,13)14/h7-8H,2-6H2,1H3,(H,15,17). The zero-order chi connectivity index (χ0) is 13.2. The number of hydrogen-bond donors (Lipinski definition) is 1. The van der Waals surface area contributed by atoms with Gasteiger partial charge in [-0.05, 0) is 19.3 Å². The maximum atomic E-state index is 12.9. The number of rotatable bonds is 3. The number of alkyl halides is 3. The maximum absolute atomic E-state index is 12.9. The van der Waals surface area contributed by atoms with Gasteiger partial charge >= 0.3 is 6.18 Å². The van der Waals surface area contributed by atoms with Crippen LogP contribution in [0, 0.1) is 5.92 Å². The van der Waals surface area contributed by atoms with Crippen LogP contribution >= 0.6 is 11.3 Å². The van der Waals surface area contributed by atoms with Gasteiger partial charge in [-0.15, -0.1) is 10.2 Å². The molecular formula is C11H16F3N3S. The minimum atomic E-state index is -4.13. The monoisotopic (exact) mass is 279 g/mol. The van der Waals surface area contributed by atoms with Gasteiger partial charge in [0, 0.05) is 6.04 Å². The Balaban J connectivity index is 2.05. The third kappa shape index (κ3) is 3.13. The first kappa shape index (κ1) is 13.6. The number of nitrogens with zero attached hydrogens (tertiary/aromatic N) is 2. The molecule has 1 fully saturated rings. The smallest absolute Gasteiger partial charge is 0.357 e. The average molecular weight is 279 g/mol. The third-order valence-electron chi connectivity index (χ3n) is 3.26. The zero-order valence-corrected chi connectivity index (χ0v) is 10.9. The van der Waals surface area contributed by atoms with Gasteiger partial charge in [-0.1, -0.05) is 31.1 Å². The van der Waals surface area contributed by atoms with Crippen molar-refractivity contribution in [2.75, 3.05) is 5.32 Å². The second-order valence-electron chi connectivity index (χ2n) is 4.54. The highest BCUT2D eigenvalue weighted by atomic mass is 32.1. The molecule has 0 aromatic carbocycles. The molecule has 2 atom stereocenters. The highest BCUT2D eigenvalue weighted by Crippen LogP contribution is 2.39. The van der Waals surface area contributed by atoms with E-state index in [-0.39, 0.29) is 6.42 Å². The van der Waals surface area contributed by atoms with E-state index in [2.05, 4.69) is 15.5 Å². The number of aryl methyl sites for hydroxylation is 1. The van der Waals surface area contributed by atoms with Crippen molar-refractivity contribution in [2.24, 2.45) is 5.92 Å². The molecule has 1 aromatic heterocycles. The molecule has 1 heterocycles. The van der Waals surface area contributed by atoms with Crippen molar-refractivity contribution >= 4 is 16.5 Å². The van der Waals surface area contributed by atoms with Crippen LogP contribution in [-0.4, -0.2) is 22.4 Å². The number of anilines is 1. The van der Waals surface area contributed by atoms with Crippen molar-refractivity contribution in [3.05, 3.63) is 5.01 Å². The van der Waals surface area contributed by atoms with Crippen molar-refractivity contribution in [2.45, 2.75) is 51.2 Å². The van der Waals surface area contributed by atoms with Gasteiger partial charge in [0.05, 0.1) is 5.92 Å². The molecule has 7 heteroatoms. The molecule has 2 rings (SSSR count). The van der Waals surface area contributed by atoms with Crippen molar-refractivity contribution in [1.82, 2.24) is 10.2 Å². The molecule has 0 bridgehead atoms. The second-order valence-corrected chi connectivity index (χ2v) is 5.60. The largest absolute Gasteiger partial charge is 0.393 e. The van der Waals surface area contributed by atoms with E-state index in [4.69, 9.17) is 0 Å². The van der Waals surface area contributed by atoms with Crippen LogP contribution in [0.4, 0.5) is 18.3 Å². The Hall–Kier alpha value is -0.850. The zero-order valence-electron chi connectivity index (χ0n) is 10.1. The molecule has 102 valence electrons. The lowest BCUT2D eigenvalue weighted by atomic mass is 9.84. The predicted octanol–water partition coefficient (Wildman–Crippen LogP) is 3.63. The van der Waals surface area contributed by atoms with Gasteiger partial charge in [-0.3, -0.25) is 0 Å². The van der Waals surface area contributed by atoms with Crippen LogP contribution in [-0.2, 0) is 6.42 Å². The lowest BCUT2D eigenvalue weighted by Crippen LogP contribution is -2.41. The van der Waals surface area contributed by atoms with Crippen molar-refractivity contribution < 1.29 is 13.2 Å². The Morgan fingerprint density at radius 3 is 2.61 bits per heavy atom. The highest BCUT2D eigenvalue weighted by molar-refractivity contribution is 7.15. The first-order chi connectivity index (χ1) is 8.50. The second kappa shape index (κ2) is 5.42. The van der Waals surface area contributed by atoms with Crippen molar-refractivity contribution in [3.63, 3.8) is 0 Å². The first-order valence-electron chi connectivity index (χ1n) is 6.16. The van der Waals surface area contributed by atoms with Crippen LogP contribution in [0.15, 0.2) is 0 Å². The lowest BCUT2D eigenvalue weighted by Gasteiger charge is -2.33. The Labute approximate surface area is 108 Å². The normalized spacial score (nSPS) is 25.1. The SMILES string of the molecule is CCc1nnc(NC2CCCCC2C(F)(F)F)s1. The van der Waals surface area contributed by atoms with Crippen LogP contribution < -0.4 is 5.32 Å². The summed E-state index contributed by atoms with van der Waals surface area (Å²) in [6.07, 6.45) is -1.13.